The molecule has 3 heterocycles. The molecule has 3 rings (SSSR count). The first kappa shape index (κ1) is 24.1. The highest BCUT2D eigenvalue weighted by Gasteiger charge is 2.34. The fourth-order valence-electron chi connectivity index (χ4n) is 3.11. The van der Waals surface area contributed by atoms with Crippen molar-refractivity contribution in [1.82, 2.24) is 24.1 Å². The van der Waals surface area contributed by atoms with Crippen LogP contribution >= 0.6 is 11.4 Å². The summed E-state index contributed by atoms with van der Waals surface area (Å²) in [7, 11) is 1.16. The van der Waals surface area contributed by atoms with Crippen LogP contribution in [0.15, 0.2) is 48.9 Å². The van der Waals surface area contributed by atoms with Gasteiger partial charge in [-0.2, -0.15) is 18.2 Å². The lowest BCUT2D eigenvalue weighted by molar-refractivity contribution is -0.0730. The lowest BCUT2D eigenvalue weighted by Crippen LogP contribution is -2.24. The van der Waals surface area contributed by atoms with Gasteiger partial charge in [0, 0.05) is 44.6 Å². The van der Waals surface area contributed by atoms with Gasteiger partial charge in [0.1, 0.15) is 12.3 Å². The Morgan fingerprint density at radius 2 is 1.94 bits per heavy atom. The van der Waals surface area contributed by atoms with Gasteiger partial charge in [-0.3, -0.25) is 4.98 Å². The van der Waals surface area contributed by atoms with Crippen molar-refractivity contribution in [1.29, 1.82) is 0 Å². The number of likely N-dealkylation sites (N-methyl/N-ethyl adjacent to an activating group) is 1. The van der Waals surface area contributed by atoms with Gasteiger partial charge in [0.2, 0.25) is 0 Å². The molecule has 0 amide bonds. The summed E-state index contributed by atoms with van der Waals surface area (Å²) in [5.41, 5.74) is 0.958. The standard InChI is InChI=1S/C20H22F5N5OS/c1-3-29(32(23,24)25)11-9-18-16(13-30(28-18)15-6-5-10-26-12-15)17-7-4-8-19(27-17)20(21,22)14-31-2/h4-8,10,12-13H,3,9,11,14H2,1-2H3. The molecule has 0 aliphatic heterocycles. The predicted octanol–water partition coefficient (Wildman–Crippen LogP) is 5.31. The summed E-state index contributed by atoms with van der Waals surface area (Å²) in [6.45, 7) is 0.101. The molecule has 0 atom stereocenters. The van der Waals surface area contributed by atoms with Crippen LogP contribution < -0.4 is 0 Å². The summed E-state index contributed by atoms with van der Waals surface area (Å²) in [5, 5.41) is 4.41. The normalized spacial score (nSPS) is 13.0. The molecule has 0 radical (unpaired) electrons. The maximum atomic E-state index is 14.3. The van der Waals surface area contributed by atoms with Crippen LogP contribution in [0.3, 0.4) is 0 Å². The van der Waals surface area contributed by atoms with Crippen molar-refractivity contribution < 1.29 is 25.2 Å². The molecule has 0 aliphatic carbocycles. The molecule has 0 aromatic carbocycles. The number of halogens is 5. The Morgan fingerprint density at radius 3 is 2.56 bits per heavy atom. The van der Waals surface area contributed by atoms with E-state index >= 15 is 0 Å². The van der Waals surface area contributed by atoms with Crippen LogP contribution in [0.2, 0.25) is 0 Å². The molecule has 6 nitrogen and oxygen atoms in total. The van der Waals surface area contributed by atoms with Gasteiger partial charge in [-0.1, -0.05) is 13.0 Å². The van der Waals surface area contributed by atoms with E-state index in [0.29, 0.717) is 21.2 Å². The van der Waals surface area contributed by atoms with Crippen molar-refractivity contribution in [3.05, 3.63) is 60.3 Å². The van der Waals surface area contributed by atoms with Crippen LogP contribution in [0, 0.1) is 0 Å². The summed E-state index contributed by atoms with van der Waals surface area (Å²) in [6.07, 6.45) is 4.63. The van der Waals surface area contributed by atoms with E-state index in [4.69, 9.17) is 0 Å². The summed E-state index contributed by atoms with van der Waals surface area (Å²) in [5.74, 6) is -3.32. The molecule has 3 aromatic rings. The summed E-state index contributed by atoms with van der Waals surface area (Å²) < 4.78 is 74.8. The van der Waals surface area contributed by atoms with Gasteiger partial charge in [-0.25, -0.2) is 9.67 Å². The van der Waals surface area contributed by atoms with Crippen molar-refractivity contribution in [2.45, 2.75) is 19.3 Å². The zero-order valence-electron chi connectivity index (χ0n) is 17.4. The lowest BCUT2D eigenvalue weighted by Gasteiger charge is -2.25. The van der Waals surface area contributed by atoms with Crippen LogP contribution in [-0.4, -0.2) is 50.9 Å². The molecule has 3 aromatic heterocycles. The molecule has 0 N–H and O–H groups in total. The molecule has 32 heavy (non-hydrogen) atoms. The third-order valence-corrected chi connectivity index (χ3v) is 5.70. The third kappa shape index (κ3) is 5.61. The second-order valence-electron chi connectivity index (χ2n) is 6.84. The Bertz CT molecular complexity index is 1030. The first-order valence-electron chi connectivity index (χ1n) is 9.66. The molecule has 12 heteroatoms. The number of rotatable bonds is 10. The van der Waals surface area contributed by atoms with Crippen molar-refractivity contribution in [3.8, 4) is 16.9 Å². The van der Waals surface area contributed by atoms with Gasteiger partial charge in [0.05, 0.1) is 23.3 Å². The quantitative estimate of drug-likeness (QED) is 0.372. The Balaban J connectivity index is 2.01. The second kappa shape index (κ2) is 9.92. The predicted molar refractivity (Wildman–Crippen MR) is 112 cm³/mol. The van der Waals surface area contributed by atoms with Crippen molar-refractivity contribution in [2.75, 3.05) is 26.8 Å². The zero-order chi connectivity index (χ0) is 23.4. The molecule has 0 aliphatic rings. The molecule has 0 saturated carbocycles. The number of hydrogen-bond acceptors (Lipinski definition) is 5. The average Bonchev–Trinajstić information content (AvgIpc) is 3.18. The first-order chi connectivity index (χ1) is 15.2. The van der Waals surface area contributed by atoms with Gasteiger partial charge in [-0.05, 0) is 24.3 Å². The molecular formula is C20H22F5N5OS. The molecular weight excluding hydrogens is 453 g/mol. The molecule has 0 fully saturated rings. The number of methoxy groups -OCH3 is 1. The number of pyridine rings is 2. The van der Waals surface area contributed by atoms with E-state index < -0.39 is 29.6 Å². The van der Waals surface area contributed by atoms with Crippen molar-refractivity contribution in [3.63, 3.8) is 0 Å². The Labute approximate surface area is 184 Å². The summed E-state index contributed by atoms with van der Waals surface area (Å²) >= 11 is -5.38. The monoisotopic (exact) mass is 475 g/mol. The minimum absolute atomic E-state index is 0.0384. The fraction of sp³-hybridized carbons (Fsp3) is 0.350. The van der Waals surface area contributed by atoms with Gasteiger partial charge in [0.25, 0.3) is 11.4 Å². The Hall–Kier alpha value is -2.57. The van der Waals surface area contributed by atoms with Crippen LogP contribution in [-0.2, 0) is 17.1 Å². The number of hydrogen-bond donors (Lipinski definition) is 0. The number of nitrogens with zero attached hydrogens (tertiary/aromatic N) is 5. The summed E-state index contributed by atoms with van der Waals surface area (Å²) in [4.78, 5) is 8.08. The highest BCUT2D eigenvalue weighted by Crippen LogP contribution is 2.56. The summed E-state index contributed by atoms with van der Waals surface area (Å²) in [6, 6.07) is 7.53. The molecule has 0 unspecified atom stereocenters. The van der Waals surface area contributed by atoms with Crippen LogP contribution in [0.5, 0.6) is 0 Å². The van der Waals surface area contributed by atoms with Crippen LogP contribution in [0.1, 0.15) is 18.3 Å². The third-order valence-electron chi connectivity index (χ3n) is 4.67. The van der Waals surface area contributed by atoms with E-state index in [2.05, 4.69) is 19.8 Å². The van der Waals surface area contributed by atoms with Gasteiger partial charge in [0.15, 0.2) is 0 Å². The van der Waals surface area contributed by atoms with Crippen LogP contribution in [0.4, 0.5) is 20.4 Å². The van der Waals surface area contributed by atoms with Gasteiger partial charge >= 0.3 is 5.92 Å². The van der Waals surface area contributed by atoms with E-state index in [1.807, 2.05) is 0 Å². The molecule has 0 saturated heterocycles. The first-order valence-corrected chi connectivity index (χ1v) is 11.0. The molecule has 0 bridgehead atoms. The largest absolute Gasteiger partial charge is 0.378 e. The second-order valence-corrected chi connectivity index (χ2v) is 8.12. The fourth-order valence-corrected chi connectivity index (χ4v) is 3.70. The van der Waals surface area contributed by atoms with E-state index in [9.17, 15) is 20.4 Å². The van der Waals surface area contributed by atoms with Crippen LogP contribution in [0.25, 0.3) is 16.9 Å². The minimum atomic E-state index is -5.38. The highest BCUT2D eigenvalue weighted by atomic mass is 32.3. The van der Waals surface area contributed by atoms with Gasteiger partial charge < -0.3 is 4.74 Å². The number of alkyl halides is 2. The Morgan fingerprint density at radius 1 is 1.16 bits per heavy atom. The maximum Gasteiger partial charge on any atom is 0.312 e. The average molecular weight is 475 g/mol. The van der Waals surface area contributed by atoms with Crippen molar-refractivity contribution >= 4 is 11.4 Å². The van der Waals surface area contributed by atoms with E-state index in [1.165, 1.54) is 36.0 Å². The van der Waals surface area contributed by atoms with E-state index in [1.54, 1.807) is 24.5 Å². The highest BCUT2D eigenvalue weighted by molar-refractivity contribution is 8.18. The minimum Gasteiger partial charge on any atom is -0.378 e. The zero-order valence-corrected chi connectivity index (χ0v) is 18.2. The van der Waals surface area contributed by atoms with Gasteiger partial charge in [-0.15, -0.1) is 11.7 Å². The smallest absolute Gasteiger partial charge is 0.312 e. The SMILES string of the molecule is CCN(CCc1nn(-c2cccnc2)cc1-c1cccc(C(F)(F)COC)n1)S(F)(F)F. The van der Waals surface area contributed by atoms with Crippen molar-refractivity contribution in [2.24, 2.45) is 0 Å². The number of ether oxygens (including phenoxy) is 1. The lowest BCUT2D eigenvalue weighted by atomic mass is 10.1. The topological polar surface area (TPSA) is 56.1 Å². The molecule has 0 spiro atoms. The number of aromatic nitrogens is 4. The maximum absolute atomic E-state index is 14.3. The molecule has 174 valence electrons. The van der Waals surface area contributed by atoms with E-state index in [0.717, 1.165) is 7.11 Å². The van der Waals surface area contributed by atoms with E-state index in [-0.39, 0.29) is 25.2 Å². The Kier molecular flexibility index (Phi) is 7.47.